The van der Waals surface area contributed by atoms with Gasteiger partial charge in [-0.15, -0.1) is 6.58 Å². The Balaban J connectivity index is 2.39. The summed E-state index contributed by atoms with van der Waals surface area (Å²) in [5.41, 5.74) is 1.01. The minimum absolute atomic E-state index is 0.0655. The summed E-state index contributed by atoms with van der Waals surface area (Å²) in [7, 11) is 0. The van der Waals surface area contributed by atoms with Crippen molar-refractivity contribution in [2.45, 2.75) is 19.1 Å². The van der Waals surface area contributed by atoms with Crippen molar-refractivity contribution in [2.75, 3.05) is 13.2 Å². The Morgan fingerprint density at radius 2 is 2.11 bits per heavy atom. The van der Waals surface area contributed by atoms with Gasteiger partial charge in [-0.05, 0) is 5.56 Å². The van der Waals surface area contributed by atoms with E-state index in [1.54, 1.807) is 6.08 Å². The number of ether oxygens (including phenoxy) is 2. The maximum absolute atomic E-state index is 10.7. The second-order valence-electron chi connectivity index (χ2n) is 3.84. The SMILES string of the molecule is C=CCOCC(CC(=O)O)OCc1ccccc1. The van der Waals surface area contributed by atoms with E-state index in [-0.39, 0.29) is 13.0 Å². The molecule has 4 heteroatoms. The third kappa shape index (κ3) is 6.18. The molecule has 0 saturated carbocycles. The number of carboxylic acids is 1. The van der Waals surface area contributed by atoms with E-state index in [1.807, 2.05) is 30.3 Å². The number of benzene rings is 1. The molecular formula is C14H18O4. The maximum atomic E-state index is 10.7. The van der Waals surface area contributed by atoms with E-state index in [0.29, 0.717) is 13.2 Å². The van der Waals surface area contributed by atoms with E-state index >= 15 is 0 Å². The maximum Gasteiger partial charge on any atom is 0.306 e. The fraction of sp³-hybridized carbons (Fsp3) is 0.357. The van der Waals surface area contributed by atoms with E-state index in [1.165, 1.54) is 0 Å². The van der Waals surface area contributed by atoms with Crippen molar-refractivity contribution < 1.29 is 19.4 Å². The van der Waals surface area contributed by atoms with E-state index in [2.05, 4.69) is 6.58 Å². The van der Waals surface area contributed by atoms with Gasteiger partial charge in [0.1, 0.15) is 0 Å². The predicted octanol–water partition coefficient (Wildman–Crippen LogP) is 2.25. The molecule has 0 saturated heterocycles. The Hall–Kier alpha value is -1.65. The molecule has 1 aromatic carbocycles. The van der Waals surface area contributed by atoms with Crippen LogP contribution in [0.3, 0.4) is 0 Å². The van der Waals surface area contributed by atoms with Crippen molar-refractivity contribution >= 4 is 5.97 Å². The fourth-order valence-electron chi connectivity index (χ4n) is 1.43. The van der Waals surface area contributed by atoms with Gasteiger partial charge in [0.15, 0.2) is 0 Å². The molecule has 0 fully saturated rings. The van der Waals surface area contributed by atoms with Crippen molar-refractivity contribution in [3.8, 4) is 0 Å². The molecule has 1 rings (SSSR count). The standard InChI is InChI=1S/C14H18O4/c1-2-8-17-11-13(9-14(15)16)18-10-12-6-4-3-5-7-12/h2-7,13H,1,8-11H2,(H,15,16). The van der Waals surface area contributed by atoms with Crippen LogP contribution in [0.5, 0.6) is 0 Å². The minimum Gasteiger partial charge on any atom is -0.481 e. The number of rotatable bonds is 9. The molecular weight excluding hydrogens is 232 g/mol. The minimum atomic E-state index is -0.893. The Morgan fingerprint density at radius 3 is 2.72 bits per heavy atom. The average molecular weight is 250 g/mol. The summed E-state index contributed by atoms with van der Waals surface area (Å²) in [4.78, 5) is 10.7. The van der Waals surface area contributed by atoms with E-state index < -0.39 is 12.1 Å². The molecule has 0 spiro atoms. The Kier molecular flexibility index (Phi) is 6.76. The van der Waals surface area contributed by atoms with Crippen LogP contribution in [0.1, 0.15) is 12.0 Å². The Labute approximate surface area is 107 Å². The molecule has 1 unspecified atom stereocenters. The molecule has 0 heterocycles. The van der Waals surface area contributed by atoms with Crippen molar-refractivity contribution in [3.63, 3.8) is 0 Å². The topological polar surface area (TPSA) is 55.8 Å². The van der Waals surface area contributed by atoms with Crippen molar-refractivity contribution in [1.29, 1.82) is 0 Å². The largest absolute Gasteiger partial charge is 0.481 e. The summed E-state index contributed by atoms with van der Waals surface area (Å²) >= 11 is 0. The molecule has 1 aromatic rings. The molecule has 18 heavy (non-hydrogen) atoms. The van der Waals surface area contributed by atoms with Crippen LogP contribution in [0, 0.1) is 0 Å². The molecule has 1 N–H and O–H groups in total. The lowest BCUT2D eigenvalue weighted by Crippen LogP contribution is -2.23. The predicted molar refractivity (Wildman–Crippen MR) is 68.3 cm³/mol. The second-order valence-corrected chi connectivity index (χ2v) is 3.84. The molecule has 98 valence electrons. The zero-order valence-corrected chi connectivity index (χ0v) is 10.2. The van der Waals surface area contributed by atoms with Gasteiger partial charge in [0, 0.05) is 0 Å². The van der Waals surface area contributed by atoms with Crippen molar-refractivity contribution in [3.05, 3.63) is 48.6 Å². The first kappa shape index (κ1) is 14.4. The lowest BCUT2D eigenvalue weighted by molar-refractivity contribution is -0.141. The first-order valence-corrected chi connectivity index (χ1v) is 5.78. The van der Waals surface area contributed by atoms with Crippen LogP contribution in [0.15, 0.2) is 43.0 Å². The number of aliphatic carboxylic acids is 1. The Bertz CT molecular complexity index is 361. The highest BCUT2D eigenvalue weighted by Crippen LogP contribution is 2.07. The summed E-state index contributed by atoms with van der Waals surface area (Å²) in [6.07, 6.45) is 1.11. The van der Waals surface area contributed by atoms with Gasteiger partial charge < -0.3 is 14.6 Å². The first-order chi connectivity index (χ1) is 8.72. The molecule has 0 aromatic heterocycles. The normalized spacial score (nSPS) is 12.0. The van der Waals surface area contributed by atoms with Gasteiger partial charge in [-0.2, -0.15) is 0 Å². The van der Waals surface area contributed by atoms with Gasteiger partial charge >= 0.3 is 5.97 Å². The summed E-state index contributed by atoms with van der Waals surface area (Å²) in [6.45, 7) is 4.56. The summed E-state index contributed by atoms with van der Waals surface area (Å²) in [5.74, 6) is -0.893. The molecule has 1 atom stereocenters. The summed E-state index contributed by atoms with van der Waals surface area (Å²) in [6, 6.07) is 9.62. The van der Waals surface area contributed by atoms with Gasteiger partial charge in [0.05, 0.1) is 32.3 Å². The zero-order valence-electron chi connectivity index (χ0n) is 10.2. The first-order valence-electron chi connectivity index (χ1n) is 5.78. The lowest BCUT2D eigenvalue weighted by Gasteiger charge is -2.15. The number of carbonyl (C=O) groups is 1. The van der Waals surface area contributed by atoms with Gasteiger partial charge in [-0.25, -0.2) is 0 Å². The third-order valence-electron chi connectivity index (χ3n) is 2.27. The monoisotopic (exact) mass is 250 g/mol. The average Bonchev–Trinajstić information content (AvgIpc) is 2.37. The lowest BCUT2D eigenvalue weighted by atomic mass is 10.2. The van der Waals surface area contributed by atoms with Crippen LogP contribution < -0.4 is 0 Å². The van der Waals surface area contributed by atoms with Crippen LogP contribution >= 0.6 is 0 Å². The van der Waals surface area contributed by atoms with Crippen LogP contribution in [-0.2, 0) is 20.9 Å². The van der Waals surface area contributed by atoms with Gasteiger partial charge in [-0.1, -0.05) is 36.4 Å². The highest BCUT2D eigenvalue weighted by Gasteiger charge is 2.14. The summed E-state index contributed by atoms with van der Waals surface area (Å²) in [5, 5.41) is 8.78. The number of hydrogen-bond donors (Lipinski definition) is 1. The van der Waals surface area contributed by atoms with Crippen LogP contribution in [0.25, 0.3) is 0 Å². The number of carboxylic acid groups (broad SMARTS) is 1. The third-order valence-corrected chi connectivity index (χ3v) is 2.27. The molecule has 0 radical (unpaired) electrons. The smallest absolute Gasteiger partial charge is 0.306 e. The van der Waals surface area contributed by atoms with Crippen LogP contribution in [0.2, 0.25) is 0 Å². The highest BCUT2D eigenvalue weighted by atomic mass is 16.5. The zero-order chi connectivity index (χ0) is 13.2. The van der Waals surface area contributed by atoms with Crippen molar-refractivity contribution in [1.82, 2.24) is 0 Å². The van der Waals surface area contributed by atoms with Crippen LogP contribution in [0.4, 0.5) is 0 Å². The van der Waals surface area contributed by atoms with Gasteiger partial charge in [0.2, 0.25) is 0 Å². The van der Waals surface area contributed by atoms with Crippen molar-refractivity contribution in [2.24, 2.45) is 0 Å². The quantitative estimate of drug-likeness (QED) is 0.539. The molecule has 4 nitrogen and oxygen atoms in total. The second kappa shape index (κ2) is 8.44. The van der Waals surface area contributed by atoms with E-state index in [0.717, 1.165) is 5.56 Å². The molecule has 0 aliphatic heterocycles. The van der Waals surface area contributed by atoms with Gasteiger partial charge in [-0.3, -0.25) is 4.79 Å². The molecule has 0 aliphatic rings. The van der Waals surface area contributed by atoms with Crippen LogP contribution in [-0.4, -0.2) is 30.4 Å². The molecule has 0 amide bonds. The Morgan fingerprint density at radius 1 is 1.39 bits per heavy atom. The fourth-order valence-corrected chi connectivity index (χ4v) is 1.43. The summed E-state index contributed by atoms with van der Waals surface area (Å²) < 4.78 is 10.8. The molecule has 0 bridgehead atoms. The number of hydrogen-bond acceptors (Lipinski definition) is 3. The molecule has 0 aliphatic carbocycles. The van der Waals surface area contributed by atoms with Gasteiger partial charge in [0.25, 0.3) is 0 Å². The van der Waals surface area contributed by atoms with E-state index in [9.17, 15) is 4.79 Å². The highest BCUT2D eigenvalue weighted by molar-refractivity contribution is 5.67. The van der Waals surface area contributed by atoms with E-state index in [4.69, 9.17) is 14.6 Å².